The minimum absolute atomic E-state index is 0.186. The van der Waals surface area contributed by atoms with E-state index in [-0.39, 0.29) is 18.6 Å². The van der Waals surface area contributed by atoms with Gasteiger partial charge < -0.3 is 14.2 Å². The average Bonchev–Trinajstić information content (AvgIpc) is 3.18. The van der Waals surface area contributed by atoms with Crippen LogP contribution in [0, 0.1) is 35.4 Å². The summed E-state index contributed by atoms with van der Waals surface area (Å²) in [6.45, 7) is 16.5. The minimum Gasteiger partial charge on any atom is -0.457 e. The molecule has 7 atom stereocenters. The Morgan fingerprint density at radius 3 is 2.02 bits per heavy atom. The van der Waals surface area contributed by atoms with Crippen LogP contribution in [-0.2, 0) is 19.0 Å². The molecule has 0 bridgehead atoms. The second-order valence-electron chi connectivity index (χ2n) is 13.3. The van der Waals surface area contributed by atoms with Crippen molar-refractivity contribution >= 4 is 17.9 Å². The predicted octanol–water partition coefficient (Wildman–Crippen LogP) is 7.88. The van der Waals surface area contributed by atoms with E-state index in [0.29, 0.717) is 12.3 Å². The number of nitrogens with one attached hydrogen (secondary N) is 1. The second kappa shape index (κ2) is 18.3. The first-order valence-corrected chi connectivity index (χ1v) is 16.3. The van der Waals surface area contributed by atoms with Crippen LogP contribution in [-0.4, -0.2) is 40.4 Å². The molecule has 0 radical (unpaired) electrons. The molecule has 1 saturated heterocycles. The summed E-state index contributed by atoms with van der Waals surface area (Å²) < 4.78 is 32.1. The van der Waals surface area contributed by atoms with Crippen LogP contribution in [0.1, 0.15) is 126 Å². The summed E-state index contributed by atoms with van der Waals surface area (Å²) in [6, 6.07) is 0. The van der Waals surface area contributed by atoms with Gasteiger partial charge in [0.05, 0.1) is 18.9 Å². The molecule has 7 unspecified atom stereocenters. The lowest BCUT2D eigenvalue weighted by Gasteiger charge is -2.22. The topological polar surface area (TPSA) is 109 Å². The summed E-state index contributed by atoms with van der Waals surface area (Å²) in [6.07, 6.45) is 9.90. The second-order valence-corrected chi connectivity index (χ2v) is 13.3. The van der Waals surface area contributed by atoms with Crippen molar-refractivity contribution in [1.29, 1.82) is 0 Å². The highest BCUT2D eigenvalue weighted by atomic mass is 19.1. The number of hydrogen-bond acceptors (Lipinski definition) is 7. The Labute approximate surface area is 257 Å². The Hall–Kier alpha value is -2.49. The van der Waals surface area contributed by atoms with E-state index in [1.54, 1.807) is 6.92 Å². The van der Waals surface area contributed by atoms with Crippen LogP contribution in [0.15, 0.2) is 11.0 Å². The van der Waals surface area contributed by atoms with Crippen molar-refractivity contribution in [3.63, 3.8) is 0 Å². The van der Waals surface area contributed by atoms with E-state index in [1.807, 2.05) is 6.92 Å². The maximum Gasteiger partial charge on any atom is 0.412 e. The van der Waals surface area contributed by atoms with Crippen molar-refractivity contribution in [2.75, 3.05) is 11.9 Å². The van der Waals surface area contributed by atoms with E-state index in [4.69, 9.17) is 14.2 Å². The molecule has 43 heavy (non-hydrogen) atoms. The molecule has 1 fully saturated rings. The molecule has 0 saturated carbocycles. The van der Waals surface area contributed by atoms with Crippen molar-refractivity contribution in [2.45, 2.75) is 138 Å². The van der Waals surface area contributed by atoms with Crippen LogP contribution in [0.2, 0.25) is 0 Å². The SMILES string of the molecule is CC(=O)OC1C(C)C(C)OC1n1cc(F)c(NC(=O)OCCC(C)CCCC(C)CCCC(C)CCCC(C)C)nc1=O. The van der Waals surface area contributed by atoms with Crippen molar-refractivity contribution in [3.05, 3.63) is 22.5 Å². The molecular formula is C33H56FN3O6. The Bertz CT molecular complexity index is 1060. The van der Waals surface area contributed by atoms with E-state index in [0.717, 1.165) is 41.4 Å². The van der Waals surface area contributed by atoms with Crippen molar-refractivity contribution in [1.82, 2.24) is 9.55 Å². The summed E-state index contributed by atoms with van der Waals surface area (Å²) in [7, 11) is 0. The number of esters is 1. The zero-order valence-corrected chi connectivity index (χ0v) is 27.7. The number of halogens is 1. The van der Waals surface area contributed by atoms with Crippen LogP contribution in [0.4, 0.5) is 15.0 Å². The normalized spacial score (nSPS) is 22.3. The van der Waals surface area contributed by atoms with Gasteiger partial charge in [-0.05, 0) is 37.0 Å². The van der Waals surface area contributed by atoms with Crippen LogP contribution < -0.4 is 11.0 Å². The first-order valence-electron chi connectivity index (χ1n) is 16.3. The third kappa shape index (κ3) is 13.0. The van der Waals surface area contributed by atoms with Gasteiger partial charge >= 0.3 is 17.8 Å². The Morgan fingerprint density at radius 1 is 0.953 bits per heavy atom. The van der Waals surface area contributed by atoms with Crippen molar-refractivity contribution in [3.8, 4) is 0 Å². The summed E-state index contributed by atoms with van der Waals surface area (Å²) in [5.41, 5.74) is -0.848. The van der Waals surface area contributed by atoms with Gasteiger partial charge in [0, 0.05) is 12.8 Å². The van der Waals surface area contributed by atoms with Gasteiger partial charge in [-0.15, -0.1) is 0 Å². The Morgan fingerprint density at radius 2 is 1.49 bits per heavy atom. The van der Waals surface area contributed by atoms with Crippen LogP contribution in [0.25, 0.3) is 0 Å². The largest absolute Gasteiger partial charge is 0.457 e. The molecule has 0 spiro atoms. The van der Waals surface area contributed by atoms with Crippen LogP contribution >= 0.6 is 0 Å². The molecule has 0 aliphatic carbocycles. The van der Waals surface area contributed by atoms with Gasteiger partial charge in [0.1, 0.15) is 0 Å². The molecule has 2 heterocycles. The van der Waals surface area contributed by atoms with Gasteiger partial charge in [0.15, 0.2) is 24.0 Å². The molecule has 1 aromatic rings. The van der Waals surface area contributed by atoms with Gasteiger partial charge in [-0.25, -0.2) is 14.0 Å². The van der Waals surface area contributed by atoms with Crippen molar-refractivity contribution < 1.29 is 28.2 Å². The fourth-order valence-electron chi connectivity index (χ4n) is 5.67. The molecule has 246 valence electrons. The molecule has 9 nitrogen and oxygen atoms in total. The first kappa shape index (κ1) is 36.7. The number of carbonyl (C=O) groups is 2. The number of nitrogens with zero attached hydrogens (tertiary/aromatic N) is 2. The zero-order chi connectivity index (χ0) is 32.1. The molecule has 1 aliphatic heterocycles. The molecule has 10 heteroatoms. The summed E-state index contributed by atoms with van der Waals surface area (Å²) in [5.74, 6) is 0.512. The predicted molar refractivity (Wildman–Crippen MR) is 166 cm³/mol. The zero-order valence-electron chi connectivity index (χ0n) is 27.7. The lowest BCUT2D eigenvalue weighted by atomic mass is 9.91. The molecular weight excluding hydrogens is 553 g/mol. The van der Waals surface area contributed by atoms with E-state index in [9.17, 15) is 18.8 Å². The van der Waals surface area contributed by atoms with Gasteiger partial charge in [0.25, 0.3) is 0 Å². The number of ether oxygens (including phenoxy) is 3. The lowest BCUT2D eigenvalue weighted by molar-refractivity contribution is -0.153. The number of carbonyl (C=O) groups excluding carboxylic acids is 2. The first-order chi connectivity index (χ1) is 20.3. The highest BCUT2D eigenvalue weighted by Crippen LogP contribution is 2.35. The monoisotopic (exact) mass is 609 g/mol. The number of rotatable bonds is 18. The Kier molecular flexibility index (Phi) is 15.7. The van der Waals surface area contributed by atoms with E-state index in [2.05, 4.69) is 44.9 Å². The third-order valence-corrected chi connectivity index (χ3v) is 8.71. The Balaban J connectivity index is 1.69. The third-order valence-electron chi connectivity index (χ3n) is 8.71. The van der Waals surface area contributed by atoms with Gasteiger partial charge in [-0.2, -0.15) is 4.98 Å². The summed E-state index contributed by atoms with van der Waals surface area (Å²) in [4.78, 5) is 40.2. The summed E-state index contributed by atoms with van der Waals surface area (Å²) in [5, 5.41) is 2.22. The lowest BCUT2D eigenvalue weighted by Crippen LogP contribution is -2.36. The maximum absolute atomic E-state index is 14.8. The number of hydrogen-bond donors (Lipinski definition) is 1. The fourth-order valence-corrected chi connectivity index (χ4v) is 5.67. The van der Waals surface area contributed by atoms with E-state index < -0.39 is 41.7 Å². The molecule has 2 rings (SSSR count). The minimum atomic E-state index is -1.03. The highest BCUT2D eigenvalue weighted by Gasteiger charge is 2.44. The smallest absolute Gasteiger partial charge is 0.412 e. The van der Waals surface area contributed by atoms with Gasteiger partial charge in [0.2, 0.25) is 0 Å². The van der Waals surface area contributed by atoms with Crippen LogP contribution in [0.3, 0.4) is 0 Å². The average molecular weight is 610 g/mol. The number of anilines is 1. The van der Waals surface area contributed by atoms with Crippen molar-refractivity contribution in [2.24, 2.45) is 29.6 Å². The quantitative estimate of drug-likeness (QED) is 0.169. The van der Waals surface area contributed by atoms with Gasteiger partial charge in [-0.1, -0.05) is 99.3 Å². The number of amides is 1. The molecule has 1 amide bonds. The molecule has 1 aliphatic rings. The molecule has 0 aromatic carbocycles. The van der Waals surface area contributed by atoms with Crippen LogP contribution in [0.5, 0.6) is 0 Å². The molecule has 1 aromatic heterocycles. The summed E-state index contributed by atoms with van der Waals surface area (Å²) >= 11 is 0. The highest BCUT2D eigenvalue weighted by molar-refractivity contribution is 5.83. The molecule has 1 N–H and O–H groups in total. The number of aromatic nitrogens is 2. The van der Waals surface area contributed by atoms with E-state index >= 15 is 0 Å². The fraction of sp³-hybridized carbons (Fsp3) is 0.818. The van der Waals surface area contributed by atoms with Gasteiger partial charge in [-0.3, -0.25) is 14.7 Å². The maximum atomic E-state index is 14.8. The van der Waals surface area contributed by atoms with E-state index in [1.165, 1.54) is 51.9 Å². The standard InChI is InChI=1S/C33H56FN3O6/c1-21(2)12-9-13-22(3)14-10-15-23(4)16-11-17-24(5)18-19-41-33(40)36-30-28(34)20-37(32(39)35-30)31-29(43-27(8)38)25(6)26(7)42-31/h20-26,29,31H,9-19H2,1-8H3,(H,35,36,39,40).